The van der Waals surface area contributed by atoms with Crippen molar-refractivity contribution in [3.05, 3.63) is 0 Å². The number of rotatable bonds is 14. The standard InChI is InChI=1S/C16H39N2O5P/c1-7-18(8-12-19,9-13-20)11-15-23-24(21,16(2)3)22-14-10-17(4,5)6/h16,19-20H,7-15H2,1-6H3/q+2. The molecule has 0 rings (SSSR count). The Bertz CT molecular complexity index is 379. The average Bonchev–Trinajstić information content (AvgIpc) is 2.46. The van der Waals surface area contributed by atoms with Crippen molar-refractivity contribution in [2.75, 3.05) is 80.3 Å². The van der Waals surface area contributed by atoms with Crippen LogP contribution in [-0.2, 0) is 13.6 Å². The number of aliphatic hydroxyl groups excluding tert-OH is 2. The lowest BCUT2D eigenvalue weighted by Crippen LogP contribution is -2.53. The molecular weight excluding hydrogens is 331 g/mol. The fourth-order valence-electron chi connectivity index (χ4n) is 2.37. The monoisotopic (exact) mass is 370 g/mol. The number of hydrogen-bond donors (Lipinski definition) is 2. The second kappa shape index (κ2) is 10.9. The van der Waals surface area contributed by atoms with Crippen LogP contribution >= 0.6 is 7.60 Å². The summed E-state index contributed by atoms with van der Waals surface area (Å²) in [6.45, 7) is 9.70. The Balaban J connectivity index is 4.69. The molecule has 8 heteroatoms. The van der Waals surface area contributed by atoms with Gasteiger partial charge in [0.05, 0.1) is 46.6 Å². The Morgan fingerprint density at radius 3 is 1.71 bits per heavy atom. The van der Waals surface area contributed by atoms with Gasteiger partial charge in [0.1, 0.15) is 39.4 Å². The maximum Gasteiger partial charge on any atom is 0.333 e. The molecule has 0 bridgehead atoms. The van der Waals surface area contributed by atoms with Gasteiger partial charge in [0, 0.05) is 0 Å². The molecule has 0 aliphatic carbocycles. The SMILES string of the molecule is CC[N+](CCO)(CCO)CCOP(=O)(OCC[N+](C)(C)C)C(C)C. The van der Waals surface area contributed by atoms with E-state index in [0.29, 0.717) is 30.7 Å². The molecule has 146 valence electrons. The van der Waals surface area contributed by atoms with Gasteiger partial charge in [-0.1, -0.05) is 13.8 Å². The molecule has 0 saturated carbocycles. The molecule has 7 nitrogen and oxygen atoms in total. The third-order valence-electron chi connectivity index (χ3n) is 4.32. The Labute approximate surface area is 147 Å². The van der Waals surface area contributed by atoms with E-state index in [4.69, 9.17) is 9.05 Å². The molecule has 0 aromatic rings. The van der Waals surface area contributed by atoms with Crippen molar-refractivity contribution in [1.82, 2.24) is 0 Å². The summed E-state index contributed by atoms with van der Waals surface area (Å²) in [7, 11) is 3.01. The molecule has 0 radical (unpaired) electrons. The number of quaternary nitrogens is 2. The highest BCUT2D eigenvalue weighted by molar-refractivity contribution is 7.54. The quantitative estimate of drug-likeness (QED) is 0.354. The van der Waals surface area contributed by atoms with Crippen LogP contribution in [0.2, 0.25) is 0 Å². The van der Waals surface area contributed by atoms with Gasteiger partial charge in [-0.15, -0.1) is 0 Å². The van der Waals surface area contributed by atoms with E-state index in [2.05, 4.69) is 21.1 Å². The Kier molecular flexibility index (Phi) is 10.9. The molecule has 0 fully saturated rings. The largest absolute Gasteiger partial charge is 0.391 e. The van der Waals surface area contributed by atoms with E-state index < -0.39 is 7.60 Å². The van der Waals surface area contributed by atoms with E-state index in [0.717, 1.165) is 17.6 Å². The van der Waals surface area contributed by atoms with Crippen LogP contribution in [0.4, 0.5) is 0 Å². The van der Waals surface area contributed by atoms with Crippen molar-refractivity contribution in [2.24, 2.45) is 0 Å². The van der Waals surface area contributed by atoms with Gasteiger partial charge in [-0.05, 0) is 6.92 Å². The van der Waals surface area contributed by atoms with Gasteiger partial charge >= 0.3 is 7.60 Å². The van der Waals surface area contributed by atoms with E-state index in [1.807, 2.05) is 20.8 Å². The zero-order valence-electron chi connectivity index (χ0n) is 16.4. The molecule has 2 N–H and O–H groups in total. The smallest absolute Gasteiger partial charge is 0.333 e. The van der Waals surface area contributed by atoms with Crippen molar-refractivity contribution >= 4 is 7.60 Å². The zero-order chi connectivity index (χ0) is 18.9. The van der Waals surface area contributed by atoms with Crippen molar-refractivity contribution < 1.29 is 32.8 Å². The lowest BCUT2D eigenvalue weighted by molar-refractivity contribution is -0.927. The summed E-state index contributed by atoms with van der Waals surface area (Å²) in [6.07, 6.45) is 0. The van der Waals surface area contributed by atoms with E-state index in [-0.39, 0.29) is 25.5 Å². The number of aliphatic hydroxyl groups is 2. The highest BCUT2D eigenvalue weighted by Crippen LogP contribution is 2.52. The van der Waals surface area contributed by atoms with Gasteiger partial charge in [-0.25, -0.2) is 0 Å². The summed E-state index contributed by atoms with van der Waals surface area (Å²) < 4.78 is 25.6. The van der Waals surface area contributed by atoms with E-state index >= 15 is 0 Å². The third kappa shape index (κ3) is 8.90. The van der Waals surface area contributed by atoms with Crippen molar-refractivity contribution in [3.8, 4) is 0 Å². The first kappa shape index (κ1) is 24.0. The van der Waals surface area contributed by atoms with Crippen LogP contribution in [0.3, 0.4) is 0 Å². The van der Waals surface area contributed by atoms with E-state index in [1.54, 1.807) is 0 Å². The summed E-state index contributed by atoms with van der Waals surface area (Å²) >= 11 is 0. The van der Waals surface area contributed by atoms with Gasteiger partial charge in [0.25, 0.3) is 0 Å². The van der Waals surface area contributed by atoms with Crippen LogP contribution in [0.5, 0.6) is 0 Å². The lowest BCUT2D eigenvalue weighted by Gasteiger charge is -2.37. The maximum absolute atomic E-state index is 12.9. The summed E-state index contributed by atoms with van der Waals surface area (Å²) in [4.78, 5) is 0. The van der Waals surface area contributed by atoms with E-state index in [9.17, 15) is 14.8 Å². The Morgan fingerprint density at radius 1 is 0.917 bits per heavy atom. The number of nitrogens with zero attached hydrogens (tertiary/aromatic N) is 2. The van der Waals surface area contributed by atoms with Gasteiger partial charge in [-0.3, -0.25) is 4.57 Å². The molecule has 1 unspecified atom stereocenters. The summed E-state index contributed by atoms with van der Waals surface area (Å²) in [6, 6.07) is 0. The first-order chi connectivity index (χ1) is 11.0. The van der Waals surface area contributed by atoms with Gasteiger partial charge in [0.2, 0.25) is 0 Å². The summed E-state index contributed by atoms with van der Waals surface area (Å²) in [5, 5.41) is 18.6. The van der Waals surface area contributed by atoms with Crippen LogP contribution in [0.25, 0.3) is 0 Å². The van der Waals surface area contributed by atoms with E-state index in [1.165, 1.54) is 0 Å². The molecule has 0 aromatic carbocycles. The summed E-state index contributed by atoms with van der Waals surface area (Å²) in [5.41, 5.74) is -0.204. The molecule has 24 heavy (non-hydrogen) atoms. The first-order valence-electron chi connectivity index (χ1n) is 8.80. The fourth-order valence-corrected chi connectivity index (χ4v) is 3.72. The van der Waals surface area contributed by atoms with Gasteiger partial charge < -0.3 is 28.2 Å². The first-order valence-corrected chi connectivity index (χ1v) is 10.4. The zero-order valence-corrected chi connectivity index (χ0v) is 17.3. The Hall–Kier alpha value is -0.0100. The molecular formula is C16H39N2O5P+2. The van der Waals surface area contributed by atoms with Crippen molar-refractivity contribution in [1.29, 1.82) is 0 Å². The molecule has 0 aliphatic rings. The Morgan fingerprint density at radius 2 is 1.38 bits per heavy atom. The highest BCUT2D eigenvalue weighted by atomic mass is 31.2. The van der Waals surface area contributed by atoms with Crippen molar-refractivity contribution in [2.45, 2.75) is 26.4 Å². The third-order valence-corrected chi connectivity index (χ3v) is 6.67. The number of likely N-dealkylation sites (N-methyl/N-ethyl adjacent to an activating group) is 2. The van der Waals surface area contributed by atoms with Crippen molar-refractivity contribution in [3.63, 3.8) is 0 Å². The van der Waals surface area contributed by atoms with Crippen LogP contribution in [0.15, 0.2) is 0 Å². The predicted octanol–water partition coefficient (Wildman–Crippen LogP) is 1.15. The average molecular weight is 370 g/mol. The second-order valence-electron chi connectivity index (χ2n) is 7.59. The molecule has 0 amide bonds. The highest BCUT2D eigenvalue weighted by Gasteiger charge is 2.32. The van der Waals surface area contributed by atoms with Gasteiger partial charge in [0.15, 0.2) is 0 Å². The normalized spacial score (nSPS) is 15.7. The molecule has 0 saturated heterocycles. The number of hydrogen-bond acceptors (Lipinski definition) is 5. The minimum atomic E-state index is -3.16. The minimum absolute atomic E-state index is 0.0513. The lowest BCUT2D eigenvalue weighted by atomic mass is 10.3. The topological polar surface area (TPSA) is 76.0 Å². The second-order valence-corrected chi connectivity index (χ2v) is 10.2. The van der Waals surface area contributed by atoms with Crippen LogP contribution in [0, 0.1) is 0 Å². The molecule has 1 atom stereocenters. The molecule has 0 aromatic heterocycles. The van der Waals surface area contributed by atoms with Crippen LogP contribution in [0.1, 0.15) is 20.8 Å². The fraction of sp³-hybridized carbons (Fsp3) is 1.00. The van der Waals surface area contributed by atoms with Crippen LogP contribution in [-0.4, -0.2) is 105 Å². The predicted molar refractivity (Wildman–Crippen MR) is 97.1 cm³/mol. The molecule has 0 aliphatic heterocycles. The molecule has 0 spiro atoms. The minimum Gasteiger partial charge on any atom is -0.391 e. The maximum atomic E-state index is 12.9. The van der Waals surface area contributed by atoms with Crippen LogP contribution < -0.4 is 0 Å². The van der Waals surface area contributed by atoms with Gasteiger partial charge in [-0.2, -0.15) is 0 Å². The summed E-state index contributed by atoms with van der Waals surface area (Å²) in [5.74, 6) is 0. The molecule has 0 heterocycles.